The first-order valence-electron chi connectivity index (χ1n) is 4.38. The molecule has 0 aliphatic heterocycles. The first-order chi connectivity index (χ1) is 6.75. The smallest absolute Gasteiger partial charge is 0.132 e. The van der Waals surface area contributed by atoms with Gasteiger partial charge < -0.3 is 9.52 Å². The zero-order valence-electron chi connectivity index (χ0n) is 7.80. The molecule has 0 amide bonds. The Morgan fingerprint density at radius 3 is 3.07 bits per heavy atom. The van der Waals surface area contributed by atoms with Crippen LogP contribution >= 0.6 is 11.3 Å². The van der Waals surface area contributed by atoms with E-state index in [0.29, 0.717) is 12.2 Å². The Labute approximate surface area is 86.0 Å². The maximum Gasteiger partial charge on any atom is 0.132 e. The average Bonchev–Trinajstić information content (AvgIpc) is 2.75. The van der Waals surface area contributed by atoms with Gasteiger partial charge in [0.2, 0.25) is 0 Å². The standard InChI is InChI=1S/C10H11NO2S/c1-7-11-8(6-14-7)5-9(12)10-3-2-4-13-10/h2-4,6,9,12H,5H2,1H3. The molecule has 2 heterocycles. The van der Waals surface area contributed by atoms with Gasteiger partial charge in [0.15, 0.2) is 0 Å². The van der Waals surface area contributed by atoms with E-state index < -0.39 is 6.10 Å². The number of thiazole rings is 1. The van der Waals surface area contributed by atoms with E-state index in [1.165, 1.54) is 0 Å². The summed E-state index contributed by atoms with van der Waals surface area (Å²) in [6.07, 6.45) is 1.48. The van der Waals surface area contributed by atoms with E-state index in [-0.39, 0.29) is 0 Å². The van der Waals surface area contributed by atoms with E-state index in [4.69, 9.17) is 4.42 Å². The Balaban J connectivity index is 2.05. The summed E-state index contributed by atoms with van der Waals surface area (Å²) in [5, 5.41) is 12.7. The summed E-state index contributed by atoms with van der Waals surface area (Å²) in [4.78, 5) is 4.28. The van der Waals surface area contributed by atoms with Crippen LogP contribution in [0.1, 0.15) is 22.6 Å². The molecule has 0 aliphatic carbocycles. The third kappa shape index (κ3) is 2.02. The average molecular weight is 209 g/mol. The third-order valence-corrected chi connectivity index (χ3v) is 2.76. The molecule has 2 rings (SSSR count). The number of hydrogen-bond acceptors (Lipinski definition) is 4. The first-order valence-corrected chi connectivity index (χ1v) is 5.26. The minimum atomic E-state index is -0.591. The molecule has 0 spiro atoms. The SMILES string of the molecule is Cc1nc(CC(O)c2ccco2)cs1. The van der Waals surface area contributed by atoms with Crippen LogP contribution in [0.15, 0.2) is 28.2 Å². The van der Waals surface area contributed by atoms with Gasteiger partial charge in [-0.15, -0.1) is 11.3 Å². The predicted octanol–water partition coefficient (Wildman–Crippen LogP) is 2.32. The van der Waals surface area contributed by atoms with Gasteiger partial charge in [0.05, 0.1) is 17.0 Å². The summed E-state index contributed by atoms with van der Waals surface area (Å²) in [5.41, 5.74) is 0.913. The number of nitrogens with zero attached hydrogens (tertiary/aromatic N) is 1. The number of aryl methyl sites for hydroxylation is 1. The molecular weight excluding hydrogens is 198 g/mol. The summed E-state index contributed by atoms with van der Waals surface area (Å²) in [5.74, 6) is 0.593. The van der Waals surface area contributed by atoms with Gasteiger partial charge in [-0.05, 0) is 19.1 Å². The topological polar surface area (TPSA) is 46.3 Å². The Bertz CT molecular complexity index is 394. The molecule has 0 aliphatic rings. The van der Waals surface area contributed by atoms with Crippen molar-refractivity contribution < 1.29 is 9.52 Å². The normalized spacial score (nSPS) is 13.0. The molecule has 2 aromatic rings. The Morgan fingerprint density at radius 2 is 2.50 bits per heavy atom. The van der Waals surface area contributed by atoms with Crippen LogP contribution in [0.5, 0.6) is 0 Å². The van der Waals surface area contributed by atoms with Crippen molar-refractivity contribution in [3.8, 4) is 0 Å². The van der Waals surface area contributed by atoms with Crippen LogP contribution in [0, 0.1) is 6.92 Å². The van der Waals surface area contributed by atoms with Gasteiger partial charge in [-0.3, -0.25) is 0 Å². The lowest BCUT2D eigenvalue weighted by Crippen LogP contribution is -2.00. The molecule has 0 saturated carbocycles. The number of aliphatic hydroxyl groups excluding tert-OH is 1. The minimum absolute atomic E-state index is 0.512. The lowest BCUT2D eigenvalue weighted by Gasteiger charge is -2.04. The maximum atomic E-state index is 9.74. The second-order valence-corrected chi connectivity index (χ2v) is 4.16. The van der Waals surface area contributed by atoms with Crippen LogP contribution in [0.2, 0.25) is 0 Å². The van der Waals surface area contributed by atoms with Crippen molar-refractivity contribution in [2.45, 2.75) is 19.4 Å². The fraction of sp³-hybridized carbons (Fsp3) is 0.300. The van der Waals surface area contributed by atoms with Gasteiger partial charge in [-0.25, -0.2) is 4.98 Å². The van der Waals surface area contributed by atoms with Crippen molar-refractivity contribution >= 4 is 11.3 Å². The van der Waals surface area contributed by atoms with E-state index in [2.05, 4.69) is 4.98 Å². The van der Waals surface area contributed by atoms with Gasteiger partial charge in [-0.1, -0.05) is 0 Å². The molecule has 1 atom stereocenters. The first kappa shape index (κ1) is 9.43. The van der Waals surface area contributed by atoms with Crippen LogP contribution in [0.3, 0.4) is 0 Å². The van der Waals surface area contributed by atoms with Gasteiger partial charge in [0.1, 0.15) is 11.9 Å². The van der Waals surface area contributed by atoms with Gasteiger partial charge in [0.25, 0.3) is 0 Å². The van der Waals surface area contributed by atoms with Crippen molar-refractivity contribution in [2.24, 2.45) is 0 Å². The lowest BCUT2D eigenvalue weighted by atomic mass is 10.2. The lowest BCUT2D eigenvalue weighted by molar-refractivity contribution is 0.149. The largest absolute Gasteiger partial charge is 0.467 e. The van der Waals surface area contributed by atoms with Crippen LogP contribution < -0.4 is 0 Å². The molecule has 0 bridgehead atoms. The third-order valence-electron chi connectivity index (χ3n) is 1.94. The van der Waals surface area contributed by atoms with E-state index in [1.54, 1.807) is 29.7 Å². The Hall–Kier alpha value is -1.13. The summed E-state index contributed by atoms with van der Waals surface area (Å²) in [7, 11) is 0. The highest BCUT2D eigenvalue weighted by atomic mass is 32.1. The molecule has 2 aromatic heterocycles. The number of aromatic nitrogens is 1. The van der Waals surface area contributed by atoms with Crippen molar-refractivity contribution in [2.75, 3.05) is 0 Å². The molecular formula is C10H11NO2S. The molecule has 0 aromatic carbocycles. The van der Waals surface area contributed by atoms with Crippen LogP contribution in [-0.2, 0) is 6.42 Å². The molecule has 0 fully saturated rings. The fourth-order valence-corrected chi connectivity index (χ4v) is 1.91. The van der Waals surface area contributed by atoms with Crippen LogP contribution in [0.4, 0.5) is 0 Å². The quantitative estimate of drug-likeness (QED) is 0.843. The maximum absolute atomic E-state index is 9.74. The number of rotatable bonds is 3. The second kappa shape index (κ2) is 3.94. The fourth-order valence-electron chi connectivity index (χ4n) is 1.28. The van der Waals surface area contributed by atoms with Crippen molar-refractivity contribution in [3.63, 3.8) is 0 Å². The highest BCUT2D eigenvalue weighted by Crippen LogP contribution is 2.19. The monoisotopic (exact) mass is 209 g/mol. The number of furan rings is 1. The second-order valence-electron chi connectivity index (χ2n) is 3.09. The molecule has 0 radical (unpaired) electrons. The number of hydrogen-bond donors (Lipinski definition) is 1. The summed E-state index contributed by atoms with van der Waals surface area (Å²) in [6, 6.07) is 3.54. The zero-order chi connectivity index (χ0) is 9.97. The van der Waals surface area contributed by atoms with Crippen molar-refractivity contribution in [1.82, 2.24) is 4.98 Å². The molecule has 4 heteroatoms. The molecule has 1 unspecified atom stereocenters. The van der Waals surface area contributed by atoms with Crippen molar-refractivity contribution in [1.29, 1.82) is 0 Å². The van der Waals surface area contributed by atoms with Gasteiger partial charge >= 0.3 is 0 Å². The van der Waals surface area contributed by atoms with Crippen LogP contribution in [-0.4, -0.2) is 10.1 Å². The highest BCUT2D eigenvalue weighted by Gasteiger charge is 2.12. The molecule has 14 heavy (non-hydrogen) atoms. The number of aliphatic hydroxyl groups is 1. The van der Waals surface area contributed by atoms with E-state index >= 15 is 0 Å². The summed E-state index contributed by atoms with van der Waals surface area (Å²) in [6.45, 7) is 1.95. The predicted molar refractivity (Wildman–Crippen MR) is 54.2 cm³/mol. The zero-order valence-corrected chi connectivity index (χ0v) is 8.62. The van der Waals surface area contributed by atoms with E-state index in [1.807, 2.05) is 12.3 Å². The summed E-state index contributed by atoms with van der Waals surface area (Å²) >= 11 is 1.59. The Morgan fingerprint density at radius 1 is 1.64 bits per heavy atom. The van der Waals surface area contributed by atoms with Crippen LogP contribution in [0.25, 0.3) is 0 Å². The van der Waals surface area contributed by atoms with E-state index in [9.17, 15) is 5.11 Å². The van der Waals surface area contributed by atoms with E-state index in [0.717, 1.165) is 10.7 Å². The Kier molecular flexibility index (Phi) is 2.65. The summed E-state index contributed by atoms with van der Waals surface area (Å²) < 4.78 is 5.10. The molecule has 0 saturated heterocycles. The molecule has 74 valence electrons. The molecule has 3 nitrogen and oxygen atoms in total. The highest BCUT2D eigenvalue weighted by molar-refractivity contribution is 7.09. The molecule has 1 N–H and O–H groups in total. The minimum Gasteiger partial charge on any atom is -0.467 e. The van der Waals surface area contributed by atoms with Gasteiger partial charge in [-0.2, -0.15) is 0 Å². The van der Waals surface area contributed by atoms with Crippen molar-refractivity contribution in [3.05, 3.63) is 40.2 Å². The van der Waals surface area contributed by atoms with Gasteiger partial charge in [0, 0.05) is 11.8 Å².